The molecule has 0 radical (unpaired) electrons. The molecule has 0 saturated carbocycles. The first-order valence-corrected chi connectivity index (χ1v) is 8.72. The van der Waals surface area contributed by atoms with Crippen LogP contribution in [0.3, 0.4) is 0 Å². The van der Waals surface area contributed by atoms with Gasteiger partial charge in [-0.25, -0.2) is 17.5 Å². The summed E-state index contributed by atoms with van der Waals surface area (Å²) in [4.78, 5) is -0.223. The van der Waals surface area contributed by atoms with Gasteiger partial charge in [0.05, 0.1) is 7.11 Å². The molecule has 0 bridgehead atoms. The molecule has 1 atom stereocenters. The van der Waals surface area contributed by atoms with Gasteiger partial charge in [0.25, 0.3) is 0 Å². The molecule has 0 aliphatic rings. The fraction of sp³-hybridized carbons (Fsp3) is 0.200. The third-order valence-corrected chi connectivity index (χ3v) is 5.21. The van der Waals surface area contributed by atoms with Gasteiger partial charge in [-0.1, -0.05) is 28.1 Å². The molecule has 0 fully saturated rings. The zero-order valence-electron chi connectivity index (χ0n) is 12.0. The van der Waals surface area contributed by atoms with E-state index in [1.807, 2.05) is 12.1 Å². The van der Waals surface area contributed by atoms with Crippen molar-refractivity contribution in [2.24, 2.45) is 0 Å². The Morgan fingerprint density at radius 3 is 2.41 bits per heavy atom. The van der Waals surface area contributed by atoms with E-state index in [0.717, 1.165) is 22.2 Å². The lowest BCUT2D eigenvalue weighted by Crippen LogP contribution is -2.27. The number of benzene rings is 2. The number of nitrogens with one attached hydrogen (secondary N) is 1. The van der Waals surface area contributed by atoms with Gasteiger partial charge < -0.3 is 4.74 Å². The van der Waals surface area contributed by atoms with E-state index < -0.39 is 21.9 Å². The summed E-state index contributed by atoms with van der Waals surface area (Å²) >= 11 is 3.32. The lowest BCUT2D eigenvalue weighted by Gasteiger charge is -2.16. The van der Waals surface area contributed by atoms with Crippen molar-refractivity contribution in [2.45, 2.75) is 17.9 Å². The van der Waals surface area contributed by atoms with Crippen molar-refractivity contribution in [3.8, 4) is 5.75 Å². The van der Waals surface area contributed by atoms with Gasteiger partial charge in [-0.15, -0.1) is 0 Å². The zero-order valence-corrected chi connectivity index (χ0v) is 14.4. The van der Waals surface area contributed by atoms with Crippen LogP contribution in [0.1, 0.15) is 18.5 Å². The van der Waals surface area contributed by atoms with Gasteiger partial charge in [0, 0.05) is 10.5 Å². The van der Waals surface area contributed by atoms with Crippen molar-refractivity contribution in [2.75, 3.05) is 7.11 Å². The number of methoxy groups -OCH3 is 1. The highest BCUT2D eigenvalue weighted by Gasteiger charge is 2.23. The van der Waals surface area contributed by atoms with Crippen molar-refractivity contribution in [3.05, 3.63) is 58.3 Å². The standard InChI is InChI=1S/C15H15BrFNO3S/c1-10(11-3-5-12(16)6-4-11)18-22(19,20)15-9-13(17)7-8-14(15)21-2/h3-10,18H,1-2H3/t10-/m0/s1. The van der Waals surface area contributed by atoms with Crippen molar-refractivity contribution in [1.82, 2.24) is 4.72 Å². The van der Waals surface area contributed by atoms with Crippen LogP contribution in [-0.4, -0.2) is 15.5 Å². The van der Waals surface area contributed by atoms with Gasteiger partial charge >= 0.3 is 0 Å². The van der Waals surface area contributed by atoms with Crippen LogP contribution in [0.15, 0.2) is 51.8 Å². The number of halogens is 2. The molecule has 0 unspecified atom stereocenters. The Morgan fingerprint density at radius 2 is 1.82 bits per heavy atom. The van der Waals surface area contributed by atoms with E-state index in [4.69, 9.17) is 4.74 Å². The highest BCUT2D eigenvalue weighted by molar-refractivity contribution is 9.10. The average molecular weight is 388 g/mol. The minimum absolute atomic E-state index is 0.0944. The van der Waals surface area contributed by atoms with Gasteiger partial charge in [0.15, 0.2) is 0 Å². The molecule has 0 aliphatic carbocycles. The van der Waals surface area contributed by atoms with Crippen LogP contribution in [0.5, 0.6) is 5.75 Å². The number of ether oxygens (including phenoxy) is 1. The molecule has 0 spiro atoms. The largest absolute Gasteiger partial charge is 0.495 e. The van der Waals surface area contributed by atoms with E-state index in [9.17, 15) is 12.8 Å². The monoisotopic (exact) mass is 387 g/mol. The Morgan fingerprint density at radius 1 is 1.18 bits per heavy atom. The summed E-state index contributed by atoms with van der Waals surface area (Å²) in [6.45, 7) is 1.71. The zero-order chi connectivity index (χ0) is 16.3. The van der Waals surface area contributed by atoms with Crippen LogP contribution >= 0.6 is 15.9 Å². The van der Waals surface area contributed by atoms with Crippen LogP contribution in [0.25, 0.3) is 0 Å². The summed E-state index contributed by atoms with van der Waals surface area (Å²) in [5.74, 6) is -0.547. The fourth-order valence-electron chi connectivity index (χ4n) is 1.98. The van der Waals surface area contributed by atoms with Crippen LogP contribution < -0.4 is 9.46 Å². The van der Waals surface area contributed by atoms with Gasteiger partial charge in [-0.3, -0.25) is 0 Å². The maximum atomic E-state index is 13.4. The number of rotatable bonds is 5. The summed E-state index contributed by atoms with van der Waals surface area (Å²) in [5, 5.41) is 0. The second-order valence-electron chi connectivity index (χ2n) is 4.69. The summed E-state index contributed by atoms with van der Waals surface area (Å²) in [5.41, 5.74) is 0.794. The third kappa shape index (κ3) is 3.85. The smallest absolute Gasteiger partial charge is 0.244 e. The molecule has 7 heteroatoms. The molecule has 1 N–H and O–H groups in total. The molecule has 22 heavy (non-hydrogen) atoms. The van der Waals surface area contributed by atoms with E-state index in [-0.39, 0.29) is 10.6 Å². The molecule has 2 rings (SSSR count). The topological polar surface area (TPSA) is 55.4 Å². The van der Waals surface area contributed by atoms with Crippen LogP contribution in [0, 0.1) is 5.82 Å². The number of hydrogen-bond donors (Lipinski definition) is 1. The van der Waals surface area contributed by atoms with Crippen molar-refractivity contribution in [3.63, 3.8) is 0 Å². The van der Waals surface area contributed by atoms with Crippen LogP contribution in [0.4, 0.5) is 4.39 Å². The van der Waals surface area contributed by atoms with Gasteiger partial charge in [0.1, 0.15) is 16.5 Å². The second-order valence-corrected chi connectivity index (χ2v) is 7.29. The van der Waals surface area contributed by atoms with E-state index in [1.165, 1.54) is 13.2 Å². The van der Waals surface area contributed by atoms with Crippen LogP contribution in [0.2, 0.25) is 0 Å². The molecule has 4 nitrogen and oxygen atoms in total. The highest BCUT2D eigenvalue weighted by atomic mass is 79.9. The molecule has 0 aromatic heterocycles. The van der Waals surface area contributed by atoms with E-state index in [2.05, 4.69) is 20.7 Å². The molecule has 2 aromatic carbocycles. The van der Waals surface area contributed by atoms with E-state index in [0.29, 0.717) is 0 Å². The first kappa shape index (κ1) is 16.9. The SMILES string of the molecule is COc1ccc(F)cc1S(=O)(=O)N[C@@H](C)c1ccc(Br)cc1. The lowest BCUT2D eigenvalue weighted by atomic mass is 10.1. The normalized spacial score (nSPS) is 12.9. The Balaban J connectivity index is 2.31. The predicted octanol–water partition coefficient (Wildman–Crippen LogP) is 3.64. The maximum absolute atomic E-state index is 13.4. The molecular formula is C15H15BrFNO3S. The Kier molecular flexibility index (Phi) is 5.20. The van der Waals surface area contributed by atoms with E-state index in [1.54, 1.807) is 19.1 Å². The molecule has 0 amide bonds. The number of hydrogen-bond acceptors (Lipinski definition) is 3. The summed E-state index contributed by atoms with van der Waals surface area (Å²) in [6.07, 6.45) is 0. The fourth-order valence-corrected chi connectivity index (χ4v) is 3.65. The molecule has 0 heterocycles. The molecule has 0 aliphatic heterocycles. The summed E-state index contributed by atoms with van der Waals surface area (Å²) < 4.78 is 46.7. The maximum Gasteiger partial charge on any atom is 0.244 e. The van der Waals surface area contributed by atoms with Gasteiger partial charge in [-0.05, 0) is 42.8 Å². The predicted molar refractivity (Wildman–Crippen MR) is 85.8 cm³/mol. The Bertz CT molecular complexity index is 763. The number of sulfonamides is 1. The van der Waals surface area contributed by atoms with Crippen LogP contribution in [-0.2, 0) is 10.0 Å². The summed E-state index contributed by atoms with van der Waals surface area (Å²) in [6, 6.07) is 10.2. The second kappa shape index (κ2) is 6.76. The quantitative estimate of drug-likeness (QED) is 0.851. The first-order valence-electron chi connectivity index (χ1n) is 6.45. The molecule has 2 aromatic rings. The Labute approximate surface area is 137 Å². The highest BCUT2D eigenvalue weighted by Crippen LogP contribution is 2.26. The molecule has 118 valence electrons. The van der Waals surface area contributed by atoms with Crippen molar-refractivity contribution >= 4 is 26.0 Å². The summed E-state index contributed by atoms with van der Waals surface area (Å²) in [7, 11) is -2.57. The van der Waals surface area contributed by atoms with Gasteiger partial charge in [0.2, 0.25) is 10.0 Å². The molecule has 0 saturated heterocycles. The Hall–Kier alpha value is -1.44. The van der Waals surface area contributed by atoms with Crippen molar-refractivity contribution in [1.29, 1.82) is 0 Å². The van der Waals surface area contributed by atoms with Gasteiger partial charge in [-0.2, -0.15) is 0 Å². The first-order chi connectivity index (χ1) is 10.3. The average Bonchev–Trinajstić information content (AvgIpc) is 2.47. The van der Waals surface area contributed by atoms with E-state index >= 15 is 0 Å². The minimum Gasteiger partial charge on any atom is -0.495 e. The third-order valence-electron chi connectivity index (χ3n) is 3.12. The van der Waals surface area contributed by atoms with Crippen molar-refractivity contribution < 1.29 is 17.5 Å². The minimum atomic E-state index is -3.91. The molecular weight excluding hydrogens is 373 g/mol. The lowest BCUT2D eigenvalue weighted by molar-refractivity contribution is 0.400.